The summed E-state index contributed by atoms with van der Waals surface area (Å²) in [6, 6.07) is 9.62. The first-order chi connectivity index (χ1) is 14.5. The normalized spacial score (nSPS) is 16.7. The van der Waals surface area contributed by atoms with Crippen LogP contribution in [-0.4, -0.2) is 29.3 Å². The van der Waals surface area contributed by atoms with Gasteiger partial charge in [-0.3, -0.25) is 4.90 Å². The number of carboxylic acid groups (broad SMARTS) is 1. The number of nitrogens with one attached hydrogen (secondary N) is 1. The number of hydrogen-bond acceptors (Lipinski definition) is 4. The fourth-order valence-electron chi connectivity index (χ4n) is 3.32. The lowest BCUT2D eigenvalue weighted by atomic mass is 9.94. The molecule has 0 radical (unpaired) electrons. The predicted molar refractivity (Wildman–Crippen MR) is 111 cm³/mol. The van der Waals surface area contributed by atoms with Crippen LogP contribution in [0.15, 0.2) is 59.8 Å². The SMILES string of the molecule is COC(=O)C1=C(C)N(c2cccc(C(F)(F)F)c2)C(=S)N[C@@H]1c1ccc(C(=O)O)cc1. The van der Waals surface area contributed by atoms with E-state index in [-0.39, 0.29) is 21.9 Å². The average molecular weight is 450 g/mol. The van der Waals surface area contributed by atoms with Crippen molar-refractivity contribution in [3.63, 3.8) is 0 Å². The number of anilines is 1. The number of hydrogen-bond donors (Lipinski definition) is 2. The molecule has 3 rings (SSSR count). The molecule has 1 heterocycles. The quantitative estimate of drug-likeness (QED) is 0.532. The summed E-state index contributed by atoms with van der Waals surface area (Å²) in [4.78, 5) is 25.0. The van der Waals surface area contributed by atoms with Crippen molar-refractivity contribution in [1.82, 2.24) is 5.32 Å². The third kappa shape index (κ3) is 4.38. The minimum atomic E-state index is -4.54. The molecule has 0 amide bonds. The third-order valence-electron chi connectivity index (χ3n) is 4.81. The number of nitrogens with zero attached hydrogens (tertiary/aromatic N) is 1. The lowest BCUT2D eigenvalue weighted by Gasteiger charge is -2.37. The zero-order chi connectivity index (χ0) is 22.9. The van der Waals surface area contributed by atoms with Crippen molar-refractivity contribution in [1.29, 1.82) is 0 Å². The molecule has 2 aromatic rings. The number of aromatic carboxylic acids is 1. The van der Waals surface area contributed by atoms with Crippen molar-refractivity contribution < 1.29 is 32.6 Å². The van der Waals surface area contributed by atoms with Crippen LogP contribution >= 0.6 is 12.2 Å². The van der Waals surface area contributed by atoms with Crippen LogP contribution < -0.4 is 10.2 Å². The molecule has 0 unspecified atom stereocenters. The average Bonchev–Trinajstić information content (AvgIpc) is 2.72. The Hall–Kier alpha value is -3.40. The Morgan fingerprint density at radius 2 is 1.81 bits per heavy atom. The highest BCUT2D eigenvalue weighted by Crippen LogP contribution is 2.37. The molecule has 0 fully saturated rings. The van der Waals surface area contributed by atoms with Gasteiger partial charge in [-0.2, -0.15) is 13.2 Å². The van der Waals surface area contributed by atoms with E-state index in [4.69, 9.17) is 22.1 Å². The van der Waals surface area contributed by atoms with Crippen molar-refractivity contribution in [3.8, 4) is 0 Å². The van der Waals surface area contributed by atoms with Crippen molar-refractivity contribution in [3.05, 3.63) is 76.5 Å². The van der Waals surface area contributed by atoms with Gasteiger partial charge < -0.3 is 15.2 Å². The maximum atomic E-state index is 13.2. The molecule has 6 nitrogen and oxygen atoms in total. The number of thiocarbonyl (C=S) groups is 1. The van der Waals surface area contributed by atoms with E-state index in [1.54, 1.807) is 6.92 Å². The molecule has 0 aliphatic carbocycles. The fraction of sp³-hybridized carbons (Fsp3) is 0.190. The molecule has 0 aromatic heterocycles. The van der Waals surface area contributed by atoms with Crippen LogP contribution in [0.25, 0.3) is 0 Å². The number of methoxy groups -OCH3 is 1. The smallest absolute Gasteiger partial charge is 0.416 e. The summed E-state index contributed by atoms with van der Waals surface area (Å²) >= 11 is 5.40. The minimum Gasteiger partial charge on any atom is -0.478 e. The Morgan fingerprint density at radius 3 is 2.35 bits per heavy atom. The molecule has 0 saturated heterocycles. The molecule has 2 aromatic carbocycles. The Balaban J connectivity index is 2.11. The molecular weight excluding hydrogens is 433 g/mol. The number of carbonyl (C=O) groups is 2. The van der Waals surface area contributed by atoms with E-state index in [9.17, 15) is 22.8 Å². The van der Waals surface area contributed by atoms with Crippen molar-refractivity contribution in [2.45, 2.75) is 19.1 Å². The minimum absolute atomic E-state index is 0.0630. The molecule has 162 valence electrons. The number of halogens is 3. The number of esters is 1. The van der Waals surface area contributed by atoms with Crippen LogP contribution in [0.3, 0.4) is 0 Å². The second-order valence-electron chi connectivity index (χ2n) is 6.68. The topological polar surface area (TPSA) is 78.9 Å². The summed E-state index contributed by atoms with van der Waals surface area (Å²) < 4.78 is 44.4. The molecule has 0 spiro atoms. The van der Waals surface area contributed by atoms with E-state index >= 15 is 0 Å². The number of ether oxygens (including phenoxy) is 1. The number of benzene rings is 2. The molecular formula is C21H17F3N2O4S. The zero-order valence-electron chi connectivity index (χ0n) is 16.4. The van der Waals surface area contributed by atoms with Gasteiger partial charge in [-0.25, -0.2) is 9.59 Å². The van der Waals surface area contributed by atoms with Crippen molar-refractivity contribution in [2.75, 3.05) is 12.0 Å². The number of alkyl halides is 3. The van der Waals surface area contributed by atoms with E-state index < -0.39 is 29.7 Å². The third-order valence-corrected chi connectivity index (χ3v) is 5.11. The first kappa shape index (κ1) is 22.3. The second-order valence-corrected chi connectivity index (χ2v) is 7.07. The van der Waals surface area contributed by atoms with Gasteiger partial charge in [0.1, 0.15) is 0 Å². The highest BCUT2D eigenvalue weighted by atomic mass is 32.1. The standard InChI is InChI=1S/C21H17F3N2O4S/c1-11-16(19(29)30-2)17(12-6-8-13(9-7-12)18(27)28)25-20(31)26(11)15-5-3-4-14(10-15)21(22,23)24/h3-10,17H,1-2H3,(H,25,31)(H,27,28)/t17-/m1/s1. The van der Waals surface area contributed by atoms with Gasteiger partial charge in [0, 0.05) is 11.4 Å². The van der Waals surface area contributed by atoms with Crippen LogP contribution in [0.4, 0.5) is 18.9 Å². The van der Waals surface area contributed by atoms with Gasteiger partial charge in [0.05, 0.1) is 29.9 Å². The molecule has 0 bridgehead atoms. The van der Waals surface area contributed by atoms with Crippen molar-refractivity contribution in [2.24, 2.45) is 0 Å². The van der Waals surface area contributed by atoms with Gasteiger partial charge in [-0.05, 0) is 55.0 Å². The molecule has 1 aliphatic rings. The Kier molecular flexibility index (Phi) is 6.03. The number of rotatable bonds is 4. The van der Waals surface area contributed by atoms with Gasteiger partial charge in [0.15, 0.2) is 5.11 Å². The summed E-state index contributed by atoms with van der Waals surface area (Å²) in [5, 5.41) is 12.1. The maximum Gasteiger partial charge on any atom is 0.416 e. The second kappa shape index (κ2) is 8.38. The van der Waals surface area contributed by atoms with Crippen LogP contribution in [0.2, 0.25) is 0 Å². The summed E-state index contributed by atoms with van der Waals surface area (Å²) in [6.07, 6.45) is -4.54. The van der Waals surface area contributed by atoms with Gasteiger partial charge in [-0.15, -0.1) is 0 Å². The number of carbonyl (C=O) groups excluding carboxylic acids is 1. The van der Waals surface area contributed by atoms with E-state index in [1.807, 2.05) is 0 Å². The Labute approximate surface area is 180 Å². The van der Waals surface area contributed by atoms with E-state index in [2.05, 4.69) is 5.32 Å². The van der Waals surface area contributed by atoms with Crippen LogP contribution in [-0.2, 0) is 15.7 Å². The monoisotopic (exact) mass is 450 g/mol. The van der Waals surface area contributed by atoms with E-state index in [0.29, 0.717) is 11.3 Å². The first-order valence-corrected chi connectivity index (χ1v) is 9.35. The molecule has 10 heteroatoms. The van der Waals surface area contributed by atoms with Gasteiger partial charge in [0.2, 0.25) is 0 Å². The maximum absolute atomic E-state index is 13.2. The van der Waals surface area contributed by atoms with Gasteiger partial charge in [0.25, 0.3) is 0 Å². The summed E-state index contributed by atoms with van der Waals surface area (Å²) in [7, 11) is 1.19. The largest absolute Gasteiger partial charge is 0.478 e. The lowest BCUT2D eigenvalue weighted by molar-refractivity contribution is -0.138. The lowest BCUT2D eigenvalue weighted by Crippen LogP contribution is -2.48. The van der Waals surface area contributed by atoms with Crippen LogP contribution in [0.1, 0.15) is 34.5 Å². The first-order valence-electron chi connectivity index (χ1n) is 8.94. The summed E-state index contributed by atoms with van der Waals surface area (Å²) in [5.41, 5.74) is 0.306. The molecule has 2 N–H and O–H groups in total. The molecule has 1 atom stereocenters. The highest BCUT2D eigenvalue weighted by Gasteiger charge is 2.36. The van der Waals surface area contributed by atoms with Crippen LogP contribution in [0, 0.1) is 0 Å². The number of carboxylic acids is 1. The summed E-state index contributed by atoms with van der Waals surface area (Å²) in [6.45, 7) is 1.55. The fourth-order valence-corrected chi connectivity index (χ4v) is 3.68. The summed E-state index contributed by atoms with van der Waals surface area (Å²) in [5.74, 6) is -1.80. The Bertz CT molecular complexity index is 1080. The van der Waals surface area contributed by atoms with E-state index in [0.717, 1.165) is 12.1 Å². The predicted octanol–water partition coefficient (Wildman–Crippen LogP) is 4.29. The number of allylic oxidation sites excluding steroid dienone is 1. The van der Waals surface area contributed by atoms with Gasteiger partial charge in [-0.1, -0.05) is 18.2 Å². The van der Waals surface area contributed by atoms with E-state index in [1.165, 1.54) is 48.4 Å². The molecule has 31 heavy (non-hydrogen) atoms. The van der Waals surface area contributed by atoms with Gasteiger partial charge >= 0.3 is 18.1 Å². The highest BCUT2D eigenvalue weighted by molar-refractivity contribution is 7.80. The van der Waals surface area contributed by atoms with Crippen molar-refractivity contribution >= 4 is 35.0 Å². The Morgan fingerprint density at radius 1 is 1.16 bits per heavy atom. The molecule has 1 aliphatic heterocycles. The van der Waals surface area contributed by atoms with Crippen LogP contribution in [0.5, 0.6) is 0 Å². The zero-order valence-corrected chi connectivity index (χ0v) is 17.2. The molecule has 0 saturated carbocycles.